The summed E-state index contributed by atoms with van der Waals surface area (Å²) in [6, 6.07) is 11.9. The topological polar surface area (TPSA) is 80.1 Å². The van der Waals surface area contributed by atoms with E-state index in [0.717, 1.165) is 55.2 Å². The van der Waals surface area contributed by atoms with Crippen LogP contribution in [0.15, 0.2) is 54.9 Å². The van der Waals surface area contributed by atoms with E-state index in [1.54, 1.807) is 24.3 Å². The number of amides is 2. The number of rotatable bonds is 5. The molecule has 1 N–H and O–H groups in total. The summed E-state index contributed by atoms with van der Waals surface area (Å²) in [5.74, 6) is 0.0661. The maximum absolute atomic E-state index is 13.6. The maximum atomic E-state index is 13.6. The van der Waals surface area contributed by atoms with E-state index in [4.69, 9.17) is 0 Å². The SMILES string of the molecule is O=C(Nc1ccc(C2CCN(C(=O)C3CC3)CC2)cc1)c1cn(-c2ccccn2)nc1C(F)(F)F. The van der Waals surface area contributed by atoms with Gasteiger partial charge in [0.15, 0.2) is 11.5 Å². The van der Waals surface area contributed by atoms with Crippen LogP contribution in [0.5, 0.6) is 0 Å². The van der Waals surface area contributed by atoms with Crippen LogP contribution in [0.4, 0.5) is 18.9 Å². The van der Waals surface area contributed by atoms with Gasteiger partial charge in [0.25, 0.3) is 5.91 Å². The monoisotopic (exact) mass is 483 g/mol. The van der Waals surface area contributed by atoms with Gasteiger partial charge in [-0.25, -0.2) is 9.67 Å². The zero-order chi connectivity index (χ0) is 24.6. The molecule has 3 aromatic rings. The van der Waals surface area contributed by atoms with E-state index in [1.807, 2.05) is 17.0 Å². The van der Waals surface area contributed by atoms with E-state index in [9.17, 15) is 22.8 Å². The summed E-state index contributed by atoms with van der Waals surface area (Å²) in [4.78, 5) is 30.9. The summed E-state index contributed by atoms with van der Waals surface area (Å²) in [6.07, 6.45) is 1.40. The highest BCUT2D eigenvalue weighted by molar-refractivity contribution is 6.05. The minimum absolute atomic E-state index is 0.172. The molecule has 1 saturated carbocycles. The number of pyridine rings is 1. The molecule has 1 saturated heterocycles. The average Bonchev–Trinajstić information content (AvgIpc) is 3.61. The van der Waals surface area contributed by atoms with Crippen molar-refractivity contribution in [2.45, 2.75) is 37.8 Å². The predicted octanol–water partition coefficient (Wildman–Crippen LogP) is 4.65. The summed E-state index contributed by atoms with van der Waals surface area (Å²) in [6.45, 7) is 1.47. The van der Waals surface area contributed by atoms with Crippen LogP contribution in [-0.4, -0.2) is 44.6 Å². The van der Waals surface area contributed by atoms with Gasteiger partial charge in [-0.2, -0.15) is 18.3 Å². The molecule has 2 fully saturated rings. The number of nitrogens with zero attached hydrogens (tertiary/aromatic N) is 4. The van der Waals surface area contributed by atoms with E-state index in [-0.39, 0.29) is 17.6 Å². The van der Waals surface area contributed by atoms with Crippen molar-refractivity contribution in [2.24, 2.45) is 5.92 Å². The molecule has 1 aromatic carbocycles. The number of aromatic nitrogens is 3. The van der Waals surface area contributed by atoms with Crippen LogP contribution in [0.25, 0.3) is 5.82 Å². The number of hydrogen-bond donors (Lipinski definition) is 1. The van der Waals surface area contributed by atoms with Gasteiger partial charge in [0.1, 0.15) is 0 Å². The number of likely N-dealkylation sites (tertiary alicyclic amines) is 1. The lowest BCUT2D eigenvalue weighted by atomic mass is 9.89. The third kappa shape index (κ3) is 5.06. The number of benzene rings is 1. The molecule has 5 rings (SSSR count). The van der Waals surface area contributed by atoms with Crippen LogP contribution in [0, 0.1) is 5.92 Å². The van der Waals surface area contributed by atoms with Gasteiger partial charge in [-0.1, -0.05) is 18.2 Å². The Hall–Kier alpha value is -3.69. The molecule has 0 unspecified atom stereocenters. The summed E-state index contributed by atoms with van der Waals surface area (Å²) in [7, 11) is 0. The molecule has 3 heterocycles. The number of alkyl halides is 3. The van der Waals surface area contributed by atoms with Crippen molar-refractivity contribution >= 4 is 17.5 Å². The van der Waals surface area contributed by atoms with Crippen LogP contribution in [0.2, 0.25) is 0 Å². The fourth-order valence-corrected chi connectivity index (χ4v) is 4.41. The Balaban J connectivity index is 1.26. The third-order valence-electron chi connectivity index (χ3n) is 6.48. The quantitative estimate of drug-likeness (QED) is 0.573. The van der Waals surface area contributed by atoms with E-state index in [1.165, 1.54) is 12.3 Å². The van der Waals surface area contributed by atoms with E-state index < -0.39 is 23.3 Å². The summed E-state index contributed by atoms with van der Waals surface area (Å²) in [5.41, 5.74) is -0.385. The van der Waals surface area contributed by atoms with Gasteiger partial charge in [0.05, 0.1) is 5.56 Å². The van der Waals surface area contributed by atoms with Crippen molar-refractivity contribution < 1.29 is 22.8 Å². The van der Waals surface area contributed by atoms with Gasteiger partial charge in [0, 0.05) is 37.1 Å². The lowest BCUT2D eigenvalue weighted by Gasteiger charge is -2.32. The first-order valence-electron chi connectivity index (χ1n) is 11.6. The van der Waals surface area contributed by atoms with Crippen LogP contribution in [-0.2, 0) is 11.0 Å². The first kappa shape index (κ1) is 23.1. The first-order valence-corrected chi connectivity index (χ1v) is 11.6. The number of piperidine rings is 1. The third-order valence-corrected chi connectivity index (χ3v) is 6.48. The highest BCUT2D eigenvalue weighted by atomic mass is 19.4. The lowest BCUT2D eigenvalue weighted by Crippen LogP contribution is -2.38. The molecule has 0 bridgehead atoms. The van der Waals surface area contributed by atoms with Crippen molar-refractivity contribution in [1.82, 2.24) is 19.7 Å². The number of carbonyl (C=O) groups is 2. The zero-order valence-corrected chi connectivity index (χ0v) is 18.8. The highest BCUT2D eigenvalue weighted by Crippen LogP contribution is 2.35. The van der Waals surface area contributed by atoms with Crippen LogP contribution in [0.3, 0.4) is 0 Å². The van der Waals surface area contributed by atoms with E-state index in [2.05, 4.69) is 15.4 Å². The van der Waals surface area contributed by atoms with Crippen molar-refractivity contribution in [3.05, 3.63) is 71.7 Å². The highest BCUT2D eigenvalue weighted by Gasteiger charge is 2.39. The van der Waals surface area contributed by atoms with E-state index >= 15 is 0 Å². The number of hydrogen-bond acceptors (Lipinski definition) is 4. The number of halogens is 3. The second kappa shape index (κ2) is 9.16. The molecule has 10 heteroatoms. The lowest BCUT2D eigenvalue weighted by molar-refractivity contribution is -0.141. The molecular formula is C25H24F3N5O2. The summed E-state index contributed by atoms with van der Waals surface area (Å²) < 4.78 is 41.6. The Morgan fingerprint density at radius 2 is 1.69 bits per heavy atom. The minimum Gasteiger partial charge on any atom is -0.342 e. The number of nitrogens with one attached hydrogen (secondary N) is 1. The maximum Gasteiger partial charge on any atom is 0.435 e. The van der Waals surface area contributed by atoms with Gasteiger partial charge in [-0.05, 0) is 61.4 Å². The Bertz CT molecular complexity index is 1210. The van der Waals surface area contributed by atoms with Crippen molar-refractivity contribution in [1.29, 1.82) is 0 Å². The van der Waals surface area contributed by atoms with Gasteiger partial charge in [-0.3, -0.25) is 9.59 Å². The molecule has 2 aliphatic rings. The normalized spacial score (nSPS) is 16.8. The van der Waals surface area contributed by atoms with Gasteiger partial charge < -0.3 is 10.2 Å². The zero-order valence-electron chi connectivity index (χ0n) is 18.8. The van der Waals surface area contributed by atoms with Gasteiger partial charge >= 0.3 is 6.18 Å². The van der Waals surface area contributed by atoms with Crippen molar-refractivity contribution in [3.8, 4) is 5.82 Å². The number of carbonyl (C=O) groups excluding carboxylic acids is 2. The minimum atomic E-state index is -4.80. The van der Waals surface area contributed by atoms with Crippen molar-refractivity contribution in [3.63, 3.8) is 0 Å². The first-order chi connectivity index (χ1) is 16.8. The molecule has 35 heavy (non-hydrogen) atoms. The molecule has 0 radical (unpaired) electrons. The molecule has 2 amide bonds. The average molecular weight is 483 g/mol. The Morgan fingerprint density at radius 3 is 2.29 bits per heavy atom. The standard InChI is InChI=1S/C25H24F3N5O2/c26-25(27,28)22-20(15-33(31-22)21-3-1-2-12-29-21)23(34)30-19-8-6-16(7-9-19)17-10-13-32(14-11-17)24(35)18-4-5-18/h1-3,6-9,12,15,17-18H,4-5,10-11,13-14H2,(H,30,34). The van der Waals surface area contributed by atoms with Gasteiger partial charge in [-0.15, -0.1) is 0 Å². The molecule has 1 aliphatic carbocycles. The fourth-order valence-electron chi connectivity index (χ4n) is 4.41. The molecule has 0 atom stereocenters. The fraction of sp³-hybridized carbons (Fsp3) is 0.360. The summed E-state index contributed by atoms with van der Waals surface area (Å²) >= 11 is 0. The number of anilines is 1. The Labute approximate surface area is 200 Å². The van der Waals surface area contributed by atoms with Crippen molar-refractivity contribution in [2.75, 3.05) is 18.4 Å². The molecule has 182 valence electrons. The molecule has 2 aromatic heterocycles. The molecule has 7 nitrogen and oxygen atoms in total. The second-order valence-electron chi connectivity index (χ2n) is 8.97. The predicted molar refractivity (Wildman–Crippen MR) is 122 cm³/mol. The Morgan fingerprint density at radius 1 is 0.971 bits per heavy atom. The van der Waals surface area contributed by atoms with Crippen LogP contribution in [0.1, 0.15) is 53.2 Å². The smallest absolute Gasteiger partial charge is 0.342 e. The second-order valence-corrected chi connectivity index (χ2v) is 8.97. The van der Waals surface area contributed by atoms with E-state index in [0.29, 0.717) is 11.6 Å². The molecule has 0 spiro atoms. The van der Waals surface area contributed by atoms with Crippen LogP contribution >= 0.6 is 0 Å². The molecule has 1 aliphatic heterocycles. The van der Waals surface area contributed by atoms with Gasteiger partial charge in [0.2, 0.25) is 5.91 Å². The largest absolute Gasteiger partial charge is 0.435 e. The Kier molecular flexibility index (Phi) is 6.04. The molecular weight excluding hydrogens is 459 g/mol. The van der Waals surface area contributed by atoms with Crippen LogP contribution < -0.4 is 5.32 Å². The summed E-state index contributed by atoms with van der Waals surface area (Å²) in [5, 5.41) is 6.10.